The van der Waals surface area contributed by atoms with Crippen LogP contribution >= 0.6 is 11.8 Å². The normalized spacial score (nSPS) is 22.1. The van der Waals surface area contributed by atoms with Crippen LogP contribution in [-0.4, -0.2) is 64.4 Å². The third-order valence-corrected chi connectivity index (χ3v) is 5.57. The molecule has 3 N–H and O–H groups in total. The van der Waals surface area contributed by atoms with Crippen LogP contribution in [0.15, 0.2) is 11.3 Å². The summed E-state index contributed by atoms with van der Waals surface area (Å²) in [7, 11) is 0. The number of carboxylic acid groups (broad SMARTS) is 2. The number of nitrogens with zero attached hydrogens (tertiary/aromatic N) is 1. The molecule has 0 aromatic rings. The number of fused-ring (bicyclic) bond motifs is 1. The van der Waals surface area contributed by atoms with Crippen LogP contribution in [0.25, 0.3) is 0 Å². The second-order valence-electron chi connectivity index (χ2n) is 6.29. The molecule has 0 bridgehead atoms. The molecule has 2 aliphatic rings. The van der Waals surface area contributed by atoms with Crippen LogP contribution in [0.1, 0.15) is 26.2 Å². The SMILES string of the molecule is CC(=O)OCC1=C(C(=O)[O-])N2C(=O)[C@@H](NC(=O)CCCC(N)C(=O)[O-])[C@H]2SC1. The molecule has 0 radical (unpaired) electrons. The van der Waals surface area contributed by atoms with Gasteiger partial charge in [0.2, 0.25) is 5.91 Å². The maximum atomic E-state index is 12.4. The van der Waals surface area contributed by atoms with Gasteiger partial charge in [-0.15, -0.1) is 11.8 Å². The summed E-state index contributed by atoms with van der Waals surface area (Å²) in [6.45, 7) is 0.913. The van der Waals surface area contributed by atoms with E-state index in [1.165, 1.54) is 18.7 Å². The van der Waals surface area contributed by atoms with Gasteiger partial charge in [-0.05, 0) is 12.8 Å². The van der Waals surface area contributed by atoms with Gasteiger partial charge in [0.15, 0.2) is 0 Å². The summed E-state index contributed by atoms with van der Waals surface area (Å²) >= 11 is 1.22. The lowest BCUT2D eigenvalue weighted by molar-refractivity contribution is -0.307. The highest BCUT2D eigenvalue weighted by Crippen LogP contribution is 2.40. The van der Waals surface area contributed by atoms with Crippen molar-refractivity contribution in [2.45, 2.75) is 43.6 Å². The van der Waals surface area contributed by atoms with E-state index in [1.807, 2.05) is 0 Å². The average Bonchev–Trinajstić information content (AvgIpc) is 2.62. The molecule has 2 heterocycles. The number of nitrogens with one attached hydrogen (secondary N) is 1. The largest absolute Gasteiger partial charge is 0.548 e. The number of carbonyl (C=O) groups is 5. The number of carbonyl (C=O) groups excluding carboxylic acids is 5. The molecule has 0 aliphatic carbocycles. The lowest BCUT2D eigenvalue weighted by Crippen LogP contribution is -2.71. The van der Waals surface area contributed by atoms with Gasteiger partial charge in [-0.1, -0.05) is 0 Å². The highest BCUT2D eigenvalue weighted by Gasteiger charge is 2.52. The molecular weight excluding hydrogens is 394 g/mol. The number of ether oxygens (including phenoxy) is 1. The Morgan fingerprint density at radius 2 is 2.04 bits per heavy atom. The molecule has 154 valence electrons. The van der Waals surface area contributed by atoms with Gasteiger partial charge in [-0.25, -0.2) is 0 Å². The Labute approximate surface area is 164 Å². The summed E-state index contributed by atoms with van der Waals surface area (Å²) in [6.07, 6.45) is 0.207. The predicted molar refractivity (Wildman–Crippen MR) is 90.5 cm³/mol. The molecule has 1 fully saturated rings. The van der Waals surface area contributed by atoms with Crippen molar-refractivity contribution in [3.8, 4) is 0 Å². The fourth-order valence-electron chi connectivity index (χ4n) is 2.82. The number of rotatable bonds is 9. The first-order valence-electron chi connectivity index (χ1n) is 8.40. The Bertz CT molecular complexity index is 737. The van der Waals surface area contributed by atoms with Gasteiger partial charge in [-0.2, -0.15) is 0 Å². The van der Waals surface area contributed by atoms with Crippen LogP contribution in [0.3, 0.4) is 0 Å². The van der Waals surface area contributed by atoms with Crippen molar-refractivity contribution in [2.24, 2.45) is 5.73 Å². The van der Waals surface area contributed by atoms with Gasteiger partial charge in [0, 0.05) is 30.7 Å². The molecule has 0 spiro atoms. The van der Waals surface area contributed by atoms with E-state index in [2.05, 4.69) is 5.32 Å². The lowest BCUT2D eigenvalue weighted by Gasteiger charge is -2.50. The van der Waals surface area contributed by atoms with E-state index in [1.54, 1.807) is 0 Å². The van der Waals surface area contributed by atoms with Crippen molar-refractivity contribution in [1.29, 1.82) is 0 Å². The molecular formula is C16H19N3O8S-2. The van der Waals surface area contributed by atoms with Crippen molar-refractivity contribution >= 4 is 41.5 Å². The number of thioether (sulfide) groups is 1. The minimum absolute atomic E-state index is 0.0387. The monoisotopic (exact) mass is 413 g/mol. The maximum absolute atomic E-state index is 12.4. The number of carboxylic acids is 2. The average molecular weight is 413 g/mol. The topological polar surface area (TPSA) is 182 Å². The first-order chi connectivity index (χ1) is 13.1. The Kier molecular flexibility index (Phi) is 7.02. The van der Waals surface area contributed by atoms with E-state index in [0.29, 0.717) is 0 Å². The molecule has 11 nitrogen and oxygen atoms in total. The highest BCUT2D eigenvalue weighted by atomic mass is 32.2. The quantitative estimate of drug-likeness (QED) is 0.281. The number of β-lactam (4-membered cyclic amide) rings is 1. The Morgan fingerprint density at radius 3 is 2.61 bits per heavy atom. The molecule has 28 heavy (non-hydrogen) atoms. The van der Waals surface area contributed by atoms with E-state index in [0.717, 1.165) is 4.90 Å². The third kappa shape index (κ3) is 4.81. The Balaban J connectivity index is 1.96. The number of esters is 1. The van der Waals surface area contributed by atoms with Crippen LogP contribution in [0.4, 0.5) is 0 Å². The summed E-state index contributed by atoms with van der Waals surface area (Å²) in [5.74, 6) is -4.46. The van der Waals surface area contributed by atoms with E-state index >= 15 is 0 Å². The van der Waals surface area contributed by atoms with Gasteiger partial charge in [0.1, 0.15) is 18.0 Å². The summed E-state index contributed by atoms with van der Waals surface area (Å²) in [5.41, 5.74) is 5.19. The predicted octanol–water partition coefficient (Wildman–Crippen LogP) is -3.80. The van der Waals surface area contributed by atoms with E-state index in [9.17, 15) is 34.2 Å². The van der Waals surface area contributed by atoms with Crippen molar-refractivity contribution < 1.29 is 38.9 Å². The van der Waals surface area contributed by atoms with Crippen LogP contribution in [0.5, 0.6) is 0 Å². The van der Waals surface area contributed by atoms with Gasteiger partial charge >= 0.3 is 5.97 Å². The van der Waals surface area contributed by atoms with Crippen molar-refractivity contribution in [3.63, 3.8) is 0 Å². The number of hydrogen-bond acceptors (Lipinski definition) is 10. The zero-order chi connectivity index (χ0) is 21.0. The van der Waals surface area contributed by atoms with E-state index < -0.39 is 47.2 Å². The maximum Gasteiger partial charge on any atom is 0.302 e. The first-order valence-corrected chi connectivity index (χ1v) is 9.45. The number of aliphatic carboxylic acids is 2. The molecule has 0 saturated carbocycles. The summed E-state index contributed by atoms with van der Waals surface area (Å²) in [6, 6.07) is -2.08. The lowest BCUT2D eigenvalue weighted by atomic mass is 10.0. The van der Waals surface area contributed by atoms with Crippen molar-refractivity contribution in [2.75, 3.05) is 12.4 Å². The van der Waals surface area contributed by atoms with Crippen LogP contribution in [0, 0.1) is 0 Å². The summed E-state index contributed by atoms with van der Waals surface area (Å²) < 4.78 is 4.81. The van der Waals surface area contributed by atoms with Gasteiger partial charge < -0.3 is 35.6 Å². The van der Waals surface area contributed by atoms with Crippen LogP contribution in [-0.2, 0) is 28.7 Å². The highest BCUT2D eigenvalue weighted by molar-refractivity contribution is 8.00. The summed E-state index contributed by atoms with van der Waals surface area (Å²) in [4.78, 5) is 58.3. The molecule has 0 aromatic heterocycles. The van der Waals surface area contributed by atoms with Crippen molar-refractivity contribution in [1.82, 2.24) is 10.2 Å². The molecule has 2 rings (SSSR count). The third-order valence-electron chi connectivity index (χ3n) is 4.23. The second kappa shape index (κ2) is 9.06. The molecule has 2 aliphatic heterocycles. The molecule has 1 saturated heterocycles. The molecule has 1 unspecified atom stereocenters. The minimum atomic E-state index is -1.57. The van der Waals surface area contributed by atoms with Crippen LogP contribution in [0.2, 0.25) is 0 Å². The fourth-order valence-corrected chi connectivity index (χ4v) is 4.14. The number of hydrogen-bond donors (Lipinski definition) is 2. The molecule has 12 heteroatoms. The van der Waals surface area contributed by atoms with Crippen LogP contribution < -0.4 is 21.3 Å². The van der Waals surface area contributed by atoms with E-state index in [4.69, 9.17) is 10.5 Å². The Morgan fingerprint density at radius 1 is 1.36 bits per heavy atom. The Hall–Kier alpha value is -2.60. The fraction of sp³-hybridized carbons (Fsp3) is 0.562. The van der Waals surface area contributed by atoms with E-state index in [-0.39, 0.29) is 42.9 Å². The van der Waals surface area contributed by atoms with Crippen molar-refractivity contribution in [3.05, 3.63) is 11.3 Å². The molecule has 0 aromatic carbocycles. The summed E-state index contributed by atoms with van der Waals surface area (Å²) in [5, 5.41) is 23.9. The van der Waals surface area contributed by atoms with Gasteiger partial charge in [0.05, 0.1) is 17.6 Å². The van der Waals surface area contributed by atoms with Gasteiger partial charge in [-0.3, -0.25) is 19.3 Å². The number of amides is 2. The second-order valence-corrected chi connectivity index (χ2v) is 7.40. The zero-order valence-electron chi connectivity index (χ0n) is 15.0. The zero-order valence-corrected chi connectivity index (χ0v) is 15.8. The minimum Gasteiger partial charge on any atom is -0.548 e. The van der Waals surface area contributed by atoms with Gasteiger partial charge in [0.25, 0.3) is 5.91 Å². The standard InChI is InChI=1S/C16H21N3O8S/c1-7(20)27-5-8-6-28-14-11(13(22)19(14)12(8)16(25)26)18-10(21)4-2-3-9(17)15(23)24/h9,11,14H,2-6,17H2,1H3,(H,18,21)(H,23,24)(H,25,26)/p-2/t9?,11-,14-/m1/s1. The molecule has 3 atom stereocenters. The smallest absolute Gasteiger partial charge is 0.302 e. The number of nitrogens with two attached hydrogens (primary N) is 1. The first kappa shape index (κ1) is 21.7. The molecule has 2 amide bonds.